The Bertz CT molecular complexity index is 534. The Balaban J connectivity index is 2.52. The molecule has 0 aliphatic rings. The number of anilines is 1. The zero-order valence-electron chi connectivity index (χ0n) is 9.68. The van der Waals surface area contributed by atoms with Crippen LogP contribution in [0.5, 0.6) is 0 Å². The van der Waals surface area contributed by atoms with Crippen LogP contribution >= 0.6 is 11.3 Å². The number of benzene rings is 1. The number of nitrogens with two attached hydrogens (primary N) is 1. The van der Waals surface area contributed by atoms with Crippen LogP contribution in [-0.4, -0.2) is 29.9 Å². The summed E-state index contributed by atoms with van der Waals surface area (Å²) in [6.45, 7) is 0. The van der Waals surface area contributed by atoms with Gasteiger partial charge in [0.2, 0.25) is 0 Å². The predicted octanol–water partition coefficient (Wildman–Crippen LogP) is 2.09. The van der Waals surface area contributed by atoms with E-state index >= 15 is 0 Å². The zero-order valence-corrected chi connectivity index (χ0v) is 10.5. The number of carbonyl (C=O) groups excluding carboxylic acids is 1. The van der Waals surface area contributed by atoms with Crippen molar-refractivity contribution in [3.8, 4) is 11.3 Å². The predicted molar refractivity (Wildman–Crippen MR) is 70.0 cm³/mol. The molecule has 17 heavy (non-hydrogen) atoms. The van der Waals surface area contributed by atoms with Gasteiger partial charge in [-0.15, -0.1) is 0 Å². The fourth-order valence-corrected chi connectivity index (χ4v) is 2.35. The molecule has 0 aliphatic heterocycles. The number of nitrogen functional groups attached to an aromatic ring is 1. The lowest BCUT2D eigenvalue weighted by Gasteiger charge is -2.09. The highest BCUT2D eigenvalue weighted by atomic mass is 32.1. The first-order valence-corrected chi connectivity index (χ1v) is 5.94. The van der Waals surface area contributed by atoms with Crippen molar-refractivity contribution in [2.24, 2.45) is 0 Å². The molecule has 0 unspecified atom stereocenters. The largest absolute Gasteiger partial charge is 0.375 e. The summed E-state index contributed by atoms with van der Waals surface area (Å²) in [5, 5.41) is 0.411. The van der Waals surface area contributed by atoms with Crippen LogP contribution in [0, 0.1) is 0 Å². The molecule has 0 saturated carbocycles. The molecule has 1 heterocycles. The Labute approximate surface area is 104 Å². The Kier molecular flexibility index (Phi) is 3.10. The Morgan fingerprint density at radius 1 is 1.29 bits per heavy atom. The van der Waals surface area contributed by atoms with Crippen molar-refractivity contribution in [1.82, 2.24) is 9.88 Å². The zero-order chi connectivity index (χ0) is 12.4. The van der Waals surface area contributed by atoms with E-state index in [4.69, 9.17) is 5.73 Å². The number of carbonyl (C=O) groups is 1. The maximum atomic E-state index is 12.0. The second-order valence-corrected chi connectivity index (χ2v) is 4.83. The van der Waals surface area contributed by atoms with Crippen molar-refractivity contribution in [2.75, 3.05) is 19.8 Å². The van der Waals surface area contributed by atoms with Crippen LogP contribution in [-0.2, 0) is 0 Å². The summed E-state index contributed by atoms with van der Waals surface area (Å²) in [7, 11) is 3.43. The Morgan fingerprint density at radius 2 is 1.94 bits per heavy atom. The Hall–Kier alpha value is -1.88. The van der Waals surface area contributed by atoms with E-state index in [9.17, 15) is 4.79 Å². The first kappa shape index (κ1) is 11.6. The number of nitrogens with zero attached hydrogens (tertiary/aromatic N) is 2. The van der Waals surface area contributed by atoms with Gasteiger partial charge in [-0.05, 0) is 0 Å². The smallest absolute Gasteiger partial charge is 0.265 e. The molecule has 88 valence electrons. The number of amides is 1. The van der Waals surface area contributed by atoms with Crippen LogP contribution in [0.1, 0.15) is 9.67 Å². The fourth-order valence-electron chi connectivity index (χ4n) is 1.48. The van der Waals surface area contributed by atoms with E-state index in [2.05, 4.69) is 4.98 Å². The number of thiazole rings is 1. The minimum absolute atomic E-state index is 0.0712. The summed E-state index contributed by atoms with van der Waals surface area (Å²) < 4.78 is 0. The van der Waals surface area contributed by atoms with Crippen LogP contribution < -0.4 is 5.73 Å². The molecule has 0 atom stereocenters. The van der Waals surface area contributed by atoms with Gasteiger partial charge in [0.15, 0.2) is 5.13 Å². The van der Waals surface area contributed by atoms with Crippen molar-refractivity contribution >= 4 is 22.4 Å². The van der Waals surface area contributed by atoms with Gasteiger partial charge >= 0.3 is 0 Å². The van der Waals surface area contributed by atoms with Gasteiger partial charge in [0.05, 0.1) is 5.69 Å². The summed E-state index contributed by atoms with van der Waals surface area (Å²) in [4.78, 5) is 18.3. The first-order chi connectivity index (χ1) is 8.09. The van der Waals surface area contributed by atoms with E-state index in [1.807, 2.05) is 30.3 Å². The molecular formula is C12H13N3OS. The summed E-state index contributed by atoms with van der Waals surface area (Å²) in [5.74, 6) is -0.0712. The van der Waals surface area contributed by atoms with Crippen molar-refractivity contribution in [3.63, 3.8) is 0 Å². The fraction of sp³-hybridized carbons (Fsp3) is 0.167. The average molecular weight is 247 g/mol. The third-order valence-electron chi connectivity index (χ3n) is 2.29. The quantitative estimate of drug-likeness (QED) is 0.884. The first-order valence-electron chi connectivity index (χ1n) is 5.13. The molecule has 1 aromatic carbocycles. The monoisotopic (exact) mass is 247 g/mol. The van der Waals surface area contributed by atoms with Gasteiger partial charge in [0.25, 0.3) is 5.91 Å². The molecule has 2 N–H and O–H groups in total. The molecule has 5 heteroatoms. The van der Waals surface area contributed by atoms with Crippen molar-refractivity contribution in [1.29, 1.82) is 0 Å². The van der Waals surface area contributed by atoms with Crippen LogP contribution in [0.2, 0.25) is 0 Å². The lowest BCUT2D eigenvalue weighted by Crippen LogP contribution is -2.21. The van der Waals surface area contributed by atoms with Gasteiger partial charge in [-0.2, -0.15) is 0 Å². The normalized spacial score (nSPS) is 10.2. The molecule has 0 spiro atoms. The summed E-state index contributed by atoms with van der Waals surface area (Å²) >= 11 is 1.22. The van der Waals surface area contributed by atoms with Crippen molar-refractivity contribution < 1.29 is 4.79 Å². The molecule has 2 aromatic rings. The van der Waals surface area contributed by atoms with Gasteiger partial charge in [-0.25, -0.2) is 4.98 Å². The number of hydrogen-bond donors (Lipinski definition) is 1. The van der Waals surface area contributed by atoms with Crippen molar-refractivity contribution in [2.45, 2.75) is 0 Å². The molecule has 1 aromatic heterocycles. The molecule has 0 aliphatic carbocycles. The third kappa shape index (κ3) is 2.29. The summed E-state index contributed by atoms with van der Waals surface area (Å²) in [6.07, 6.45) is 0. The maximum Gasteiger partial charge on any atom is 0.265 e. The van der Waals surface area contributed by atoms with Crippen molar-refractivity contribution in [3.05, 3.63) is 35.2 Å². The summed E-state index contributed by atoms with van der Waals surface area (Å²) in [6, 6.07) is 9.58. The second kappa shape index (κ2) is 4.55. The van der Waals surface area contributed by atoms with Gasteiger partial charge in [-0.3, -0.25) is 4.79 Å². The lowest BCUT2D eigenvalue weighted by molar-refractivity contribution is 0.0832. The molecule has 1 amide bonds. The van der Waals surface area contributed by atoms with E-state index in [0.717, 1.165) is 5.56 Å². The Morgan fingerprint density at radius 3 is 2.53 bits per heavy atom. The van der Waals surface area contributed by atoms with Crippen LogP contribution in [0.3, 0.4) is 0 Å². The van der Waals surface area contributed by atoms with Gasteiger partial charge in [-0.1, -0.05) is 41.7 Å². The molecule has 0 fully saturated rings. The molecule has 4 nitrogen and oxygen atoms in total. The minimum Gasteiger partial charge on any atom is -0.375 e. The third-order valence-corrected chi connectivity index (χ3v) is 3.16. The van der Waals surface area contributed by atoms with Gasteiger partial charge in [0.1, 0.15) is 4.88 Å². The molecule has 0 saturated heterocycles. The van der Waals surface area contributed by atoms with Gasteiger partial charge < -0.3 is 10.6 Å². The van der Waals surface area contributed by atoms with E-state index in [1.165, 1.54) is 16.2 Å². The van der Waals surface area contributed by atoms with E-state index in [1.54, 1.807) is 14.1 Å². The lowest BCUT2D eigenvalue weighted by atomic mass is 10.1. The SMILES string of the molecule is CN(C)C(=O)c1sc(N)nc1-c1ccccc1. The number of aromatic nitrogens is 1. The highest BCUT2D eigenvalue weighted by molar-refractivity contribution is 7.17. The van der Waals surface area contributed by atoms with E-state index in [0.29, 0.717) is 15.7 Å². The molecule has 2 rings (SSSR count). The van der Waals surface area contributed by atoms with Gasteiger partial charge in [0, 0.05) is 19.7 Å². The van der Waals surface area contributed by atoms with E-state index in [-0.39, 0.29) is 5.91 Å². The van der Waals surface area contributed by atoms with Crippen LogP contribution in [0.25, 0.3) is 11.3 Å². The topological polar surface area (TPSA) is 59.2 Å². The molecule has 0 bridgehead atoms. The average Bonchev–Trinajstić information content (AvgIpc) is 2.71. The van der Waals surface area contributed by atoms with E-state index < -0.39 is 0 Å². The second-order valence-electron chi connectivity index (χ2n) is 3.80. The summed E-state index contributed by atoms with van der Waals surface area (Å²) in [5.41, 5.74) is 7.26. The van der Waals surface area contributed by atoms with Crippen LogP contribution in [0.15, 0.2) is 30.3 Å². The highest BCUT2D eigenvalue weighted by Crippen LogP contribution is 2.30. The molecule has 0 radical (unpaired) electrons. The minimum atomic E-state index is -0.0712. The molecular weight excluding hydrogens is 234 g/mol. The highest BCUT2D eigenvalue weighted by Gasteiger charge is 2.19. The van der Waals surface area contributed by atoms with Crippen LogP contribution in [0.4, 0.5) is 5.13 Å². The number of hydrogen-bond acceptors (Lipinski definition) is 4. The standard InChI is InChI=1S/C12H13N3OS/c1-15(2)11(16)10-9(14-12(13)17-10)8-6-4-3-5-7-8/h3-7H,1-2H3,(H2,13,14). The number of rotatable bonds is 2. The maximum absolute atomic E-state index is 12.0.